The minimum Gasteiger partial charge on any atom is -0.480 e. The van der Waals surface area contributed by atoms with Gasteiger partial charge in [-0.15, -0.1) is 0 Å². The summed E-state index contributed by atoms with van der Waals surface area (Å²) in [6, 6.07) is 6.24. The van der Waals surface area contributed by atoms with Crippen molar-refractivity contribution in [3.8, 4) is 0 Å². The van der Waals surface area contributed by atoms with Crippen molar-refractivity contribution >= 4 is 5.97 Å². The zero-order valence-electron chi connectivity index (χ0n) is 11.1. The minimum absolute atomic E-state index is 0.143. The second-order valence-corrected chi connectivity index (χ2v) is 5.38. The first kappa shape index (κ1) is 13.1. The molecule has 0 amide bonds. The average molecular weight is 247 g/mol. The second kappa shape index (κ2) is 5.53. The topological polar surface area (TPSA) is 40.5 Å². The molecular formula is C15H21NO2. The Labute approximate surface area is 108 Å². The number of hydrogen-bond acceptors (Lipinski definition) is 2. The van der Waals surface area contributed by atoms with Crippen molar-refractivity contribution in [2.45, 2.75) is 33.2 Å². The maximum Gasteiger partial charge on any atom is 0.317 e. The Morgan fingerprint density at radius 1 is 1.33 bits per heavy atom. The summed E-state index contributed by atoms with van der Waals surface area (Å²) in [5.74, 6) is -0.0180. The molecule has 1 aliphatic carbocycles. The third-order valence-corrected chi connectivity index (χ3v) is 3.60. The highest BCUT2D eigenvalue weighted by Gasteiger charge is 2.25. The van der Waals surface area contributed by atoms with Crippen molar-refractivity contribution in [2.24, 2.45) is 5.92 Å². The molecule has 1 saturated carbocycles. The molecule has 0 saturated heterocycles. The van der Waals surface area contributed by atoms with E-state index in [-0.39, 0.29) is 6.54 Å². The molecule has 0 spiro atoms. The molecule has 3 heteroatoms. The van der Waals surface area contributed by atoms with Crippen LogP contribution in [0.4, 0.5) is 0 Å². The monoisotopic (exact) mass is 247 g/mol. The van der Waals surface area contributed by atoms with E-state index in [1.165, 1.54) is 29.5 Å². The third kappa shape index (κ3) is 3.57. The third-order valence-electron chi connectivity index (χ3n) is 3.60. The molecule has 0 bridgehead atoms. The summed E-state index contributed by atoms with van der Waals surface area (Å²) >= 11 is 0. The molecule has 3 nitrogen and oxygen atoms in total. The van der Waals surface area contributed by atoms with E-state index in [9.17, 15) is 4.79 Å². The first-order chi connectivity index (χ1) is 8.56. The Hall–Kier alpha value is -1.35. The van der Waals surface area contributed by atoms with Gasteiger partial charge in [0.25, 0.3) is 0 Å². The van der Waals surface area contributed by atoms with E-state index in [2.05, 4.69) is 36.9 Å². The van der Waals surface area contributed by atoms with Crippen molar-refractivity contribution < 1.29 is 9.90 Å². The lowest BCUT2D eigenvalue weighted by atomic mass is 10.0. The number of aliphatic carboxylic acids is 1. The first-order valence-electron chi connectivity index (χ1n) is 6.55. The van der Waals surface area contributed by atoms with Gasteiger partial charge in [0.15, 0.2) is 0 Å². The molecule has 0 aromatic heterocycles. The maximum atomic E-state index is 10.9. The Morgan fingerprint density at radius 3 is 2.44 bits per heavy atom. The fraction of sp³-hybridized carbons (Fsp3) is 0.533. The van der Waals surface area contributed by atoms with Crippen molar-refractivity contribution in [1.82, 2.24) is 4.90 Å². The summed E-state index contributed by atoms with van der Waals surface area (Å²) in [4.78, 5) is 13.0. The number of carboxylic acid groups (broad SMARTS) is 1. The lowest BCUT2D eigenvalue weighted by molar-refractivity contribution is -0.138. The SMILES string of the molecule is Cc1cccc(C)c1CN(CC(=O)O)CC1CC1. The van der Waals surface area contributed by atoms with E-state index in [4.69, 9.17) is 5.11 Å². The van der Waals surface area contributed by atoms with Crippen LogP contribution in [0.1, 0.15) is 29.5 Å². The fourth-order valence-corrected chi connectivity index (χ4v) is 2.36. The standard InChI is InChI=1S/C15H21NO2/c1-11-4-3-5-12(2)14(11)9-16(10-15(17)18)8-13-6-7-13/h3-5,13H,6-10H2,1-2H3,(H,17,18). The predicted octanol–water partition coefficient (Wildman–Crippen LogP) is 2.60. The van der Waals surface area contributed by atoms with Crippen LogP contribution in [0, 0.1) is 19.8 Å². The van der Waals surface area contributed by atoms with Crippen LogP contribution in [0.5, 0.6) is 0 Å². The van der Waals surface area contributed by atoms with Gasteiger partial charge in [-0.25, -0.2) is 0 Å². The van der Waals surface area contributed by atoms with Crippen LogP contribution in [-0.4, -0.2) is 29.1 Å². The molecular weight excluding hydrogens is 226 g/mol. The molecule has 0 unspecified atom stereocenters. The summed E-state index contributed by atoms with van der Waals surface area (Å²) in [6.45, 7) is 6.00. The molecule has 1 fully saturated rings. The van der Waals surface area contributed by atoms with Crippen molar-refractivity contribution in [3.63, 3.8) is 0 Å². The molecule has 1 N–H and O–H groups in total. The second-order valence-electron chi connectivity index (χ2n) is 5.38. The first-order valence-corrected chi connectivity index (χ1v) is 6.55. The van der Waals surface area contributed by atoms with Gasteiger partial charge >= 0.3 is 5.97 Å². The summed E-state index contributed by atoms with van der Waals surface area (Å²) in [7, 11) is 0. The average Bonchev–Trinajstić information content (AvgIpc) is 3.06. The van der Waals surface area contributed by atoms with E-state index in [1.54, 1.807) is 0 Å². The predicted molar refractivity (Wildman–Crippen MR) is 71.6 cm³/mol. The normalized spacial score (nSPS) is 15.1. The van der Waals surface area contributed by atoms with Crippen LogP contribution in [0.2, 0.25) is 0 Å². The highest BCUT2D eigenvalue weighted by molar-refractivity contribution is 5.69. The summed E-state index contributed by atoms with van der Waals surface area (Å²) in [5.41, 5.74) is 3.78. The van der Waals surface area contributed by atoms with Gasteiger partial charge in [-0.2, -0.15) is 0 Å². The van der Waals surface area contributed by atoms with Crippen LogP contribution in [0.15, 0.2) is 18.2 Å². The number of carboxylic acids is 1. The summed E-state index contributed by atoms with van der Waals surface area (Å²) in [6.07, 6.45) is 2.51. The van der Waals surface area contributed by atoms with E-state index in [0.717, 1.165) is 13.1 Å². The van der Waals surface area contributed by atoms with Gasteiger partial charge in [0.05, 0.1) is 6.54 Å². The zero-order chi connectivity index (χ0) is 13.1. The molecule has 0 heterocycles. The highest BCUT2D eigenvalue weighted by atomic mass is 16.4. The summed E-state index contributed by atoms with van der Waals surface area (Å²) in [5, 5.41) is 8.99. The van der Waals surface area contributed by atoms with Gasteiger partial charge in [-0.05, 0) is 49.3 Å². The number of benzene rings is 1. The van der Waals surface area contributed by atoms with Crippen molar-refractivity contribution in [2.75, 3.05) is 13.1 Å². The molecule has 1 aliphatic rings. The van der Waals surface area contributed by atoms with Crippen molar-refractivity contribution in [1.29, 1.82) is 0 Å². The Morgan fingerprint density at radius 2 is 1.94 bits per heavy atom. The quantitative estimate of drug-likeness (QED) is 0.840. The highest BCUT2D eigenvalue weighted by Crippen LogP contribution is 2.30. The molecule has 0 aliphatic heterocycles. The van der Waals surface area contributed by atoms with Crippen LogP contribution >= 0.6 is 0 Å². The Kier molecular flexibility index (Phi) is 4.02. The van der Waals surface area contributed by atoms with Gasteiger partial charge < -0.3 is 5.11 Å². The lowest BCUT2D eigenvalue weighted by Gasteiger charge is -2.22. The smallest absolute Gasteiger partial charge is 0.317 e. The number of rotatable bonds is 6. The number of nitrogens with zero attached hydrogens (tertiary/aromatic N) is 1. The van der Waals surface area contributed by atoms with Gasteiger partial charge in [-0.3, -0.25) is 9.69 Å². The Bertz CT molecular complexity index is 418. The molecule has 18 heavy (non-hydrogen) atoms. The number of carbonyl (C=O) groups is 1. The summed E-state index contributed by atoms with van der Waals surface area (Å²) < 4.78 is 0. The molecule has 2 rings (SSSR count). The van der Waals surface area contributed by atoms with Gasteiger partial charge in [0.1, 0.15) is 0 Å². The van der Waals surface area contributed by atoms with Gasteiger partial charge in [-0.1, -0.05) is 18.2 Å². The molecule has 98 valence electrons. The van der Waals surface area contributed by atoms with Gasteiger partial charge in [0, 0.05) is 13.1 Å². The van der Waals surface area contributed by atoms with Crippen LogP contribution in [0.3, 0.4) is 0 Å². The zero-order valence-corrected chi connectivity index (χ0v) is 11.1. The van der Waals surface area contributed by atoms with E-state index >= 15 is 0 Å². The van der Waals surface area contributed by atoms with Crippen molar-refractivity contribution in [3.05, 3.63) is 34.9 Å². The molecule has 0 atom stereocenters. The van der Waals surface area contributed by atoms with Crippen LogP contribution in [-0.2, 0) is 11.3 Å². The van der Waals surface area contributed by atoms with Gasteiger partial charge in [0.2, 0.25) is 0 Å². The number of hydrogen-bond donors (Lipinski definition) is 1. The van der Waals surface area contributed by atoms with Crippen LogP contribution in [0.25, 0.3) is 0 Å². The molecule has 1 aromatic carbocycles. The van der Waals surface area contributed by atoms with E-state index in [1.807, 2.05) is 0 Å². The van der Waals surface area contributed by atoms with Crippen LogP contribution < -0.4 is 0 Å². The molecule has 1 aromatic rings. The minimum atomic E-state index is -0.734. The fourth-order valence-electron chi connectivity index (χ4n) is 2.36. The maximum absolute atomic E-state index is 10.9. The number of aryl methyl sites for hydroxylation is 2. The van der Waals surface area contributed by atoms with E-state index < -0.39 is 5.97 Å². The lowest BCUT2D eigenvalue weighted by Crippen LogP contribution is -2.31. The van der Waals surface area contributed by atoms with E-state index in [0.29, 0.717) is 5.92 Å². The Balaban J connectivity index is 2.08. The molecule has 0 radical (unpaired) electrons. The largest absolute Gasteiger partial charge is 0.480 e.